The Bertz CT molecular complexity index is 723. The van der Waals surface area contributed by atoms with Crippen LogP contribution in [-0.4, -0.2) is 80.2 Å². The summed E-state index contributed by atoms with van der Waals surface area (Å²) in [6.07, 6.45) is 0. The second-order valence-electron chi connectivity index (χ2n) is 6.98. The van der Waals surface area contributed by atoms with E-state index in [1.165, 1.54) is 16.0 Å². The van der Waals surface area contributed by atoms with E-state index < -0.39 is 0 Å². The van der Waals surface area contributed by atoms with Gasteiger partial charge >= 0.3 is 6.03 Å². The molecule has 0 radical (unpaired) electrons. The average Bonchev–Trinajstić information content (AvgIpc) is 3.06. The van der Waals surface area contributed by atoms with E-state index in [-0.39, 0.29) is 42.5 Å². The molecule has 10 heteroatoms. The normalized spacial score (nSPS) is 17.5. The van der Waals surface area contributed by atoms with Crippen molar-refractivity contribution in [2.24, 2.45) is 4.99 Å². The van der Waals surface area contributed by atoms with Crippen molar-refractivity contribution in [3.8, 4) is 0 Å². The van der Waals surface area contributed by atoms with Crippen LogP contribution in [0.5, 0.6) is 0 Å². The molecule has 0 aromatic heterocycles. The molecular weight excluding hydrogens is 499 g/mol. The Balaban J connectivity index is 0.00000320. The second-order valence-corrected chi connectivity index (χ2v) is 6.98. The van der Waals surface area contributed by atoms with Gasteiger partial charge in [-0.3, -0.25) is 14.6 Å². The Hall–Kier alpha value is -1.92. The van der Waals surface area contributed by atoms with Gasteiger partial charge in [-0.05, 0) is 18.1 Å². The first-order valence-electron chi connectivity index (χ1n) is 10.1. The number of halogens is 1. The van der Waals surface area contributed by atoms with E-state index in [4.69, 9.17) is 4.74 Å². The fourth-order valence-electron chi connectivity index (χ4n) is 3.34. The summed E-state index contributed by atoms with van der Waals surface area (Å²) in [5, 5.41) is 8.93. The Morgan fingerprint density at radius 1 is 1.17 bits per heavy atom. The summed E-state index contributed by atoms with van der Waals surface area (Å²) in [7, 11) is 0. The highest BCUT2D eigenvalue weighted by molar-refractivity contribution is 14.0. The van der Waals surface area contributed by atoms with Crippen LogP contribution < -0.4 is 16.0 Å². The minimum absolute atomic E-state index is 0. The van der Waals surface area contributed by atoms with Crippen molar-refractivity contribution < 1.29 is 14.3 Å². The maximum Gasteiger partial charge on any atom is 0.324 e. The van der Waals surface area contributed by atoms with E-state index in [2.05, 4.69) is 44.0 Å². The third kappa shape index (κ3) is 7.10. The zero-order chi connectivity index (χ0) is 20.5. The summed E-state index contributed by atoms with van der Waals surface area (Å²) < 4.78 is 5.43. The molecule has 1 aromatic carbocycles. The van der Waals surface area contributed by atoms with Crippen LogP contribution in [0.15, 0.2) is 29.3 Å². The van der Waals surface area contributed by atoms with Crippen molar-refractivity contribution in [1.29, 1.82) is 0 Å². The topological polar surface area (TPSA) is 98.3 Å². The van der Waals surface area contributed by atoms with E-state index in [9.17, 15) is 9.59 Å². The van der Waals surface area contributed by atoms with Gasteiger partial charge in [0.15, 0.2) is 5.96 Å². The van der Waals surface area contributed by atoms with Crippen LogP contribution in [0.25, 0.3) is 0 Å². The monoisotopic (exact) mass is 530 g/mol. The van der Waals surface area contributed by atoms with Crippen molar-refractivity contribution in [3.05, 3.63) is 35.4 Å². The minimum atomic E-state index is -0.337. The molecule has 9 nitrogen and oxygen atoms in total. The van der Waals surface area contributed by atoms with E-state index in [0.29, 0.717) is 25.6 Å². The molecule has 3 amide bonds. The van der Waals surface area contributed by atoms with Gasteiger partial charge < -0.3 is 20.7 Å². The molecule has 0 atom stereocenters. The van der Waals surface area contributed by atoms with Gasteiger partial charge in [-0.1, -0.05) is 24.3 Å². The summed E-state index contributed by atoms with van der Waals surface area (Å²) in [6.45, 7) is 8.47. The smallest absolute Gasteiger partial charge is 0.324 e. The number of ether oxygens (including phenoxy) is 1. The number of aliphatic imine (C=N–C) groups is 1. The number of nitrogens with one attached hydrogen (secondary N) is 3. The summed E-state index contributed by atoms with van der Waals surface area (Å²) in [5.41, 5.74) is 2.46. The lowest BCUT2D eigenvalue weighted by Crippen LogP contribution is -2.43. The maximum absolute atomic E-state index is 11.7. The zero-order valence-corrected chi connectivity index (χ0v) is 19.7. The van der Waals surface area contributed by atoms with Gasteiger partial charge in [0, 0.05) is 39.3 Å². The zero-order valence-electron chi connectivity index (χ0n) is 17.4. The minimum Gasteiger partial charge on any atom is -0.379 e. The number of rotatable bonds is 8. The number of amides is 3. The van der Waals surface area contributed by atoms with Crippen LogP contribution >= 0.6 is 24.0 Å². The lowest BCUT2D eigenvalue weighted by atomic mass is 10.1. The molecule has 3 rings (SSSR count). The van der Waals surface area contributed by atoms with Gasteiger partial charge in [0.2, 0.25) is 5.91 Å². The van der Waals surface area contributed by atoms with Crippen LogP contribution in [0, 0.1) is 0 Å². The molecule has 2 fully saturated rings. The number of hydrogen-bond acceptors (Lipinski definition) is 5. The molecule has 0 spiro atoms. The van der Waals surface area contributed by atoms with Gasteiger partial charge in [0.05, 0.1) is 26.3 Å². The molecule has 2 aliphatic rings. The number of benzene rings is 1. The lowest BCUT2D eigenvalue weighted by molar-refractivity contribution is -0.124. The highest BCUT2D eigenvalue weighted by atomic mass is 127. The van der Waals surface area contributed by atoms with Crippen molar-refractivity contribution in [2.45, 2.75) is 20.0 Å². The molecule has 2 aliphatic heterocycles. The molecule has 2 heterocycles. The standard InChI is InChI=1S/C20H30N6O3.HI/c1-2-21-19(22-7-8-26-18(27)14-24-20(26)28)23-13-16-5-3-4-6-17(16)15-25-9-11-29-12-10-25;/h3-6H,2,7-15H2,1H3,(H,24,28)(H2,21,22,23);1H. The number of nitrogens with zero attached hydrogens (tertiary/aromatic N) is 3. The predicted octanol–water partition coefficient (Wildman–Crippen LogP) is 0.744. The molecule has 1 aromatic rings. The molecule has 0 unspecified atom stereocenters. The first kappa shape index (κ1) is 24.4. The Labute approximate surface area is 194 Å². The molecule has 0 bridgehead atoms. The largest absolute Gasteiger partial charge is 0.379 e. The van der Waals surface area contributed by atoms with Gasteiger partial charge in [-0.2, -0.15) is 0 Å². The molecule has 0 aliphatic carbocycles. The molecule has 3 N–H and O–H groups in total. The van der Waals surface area contributed by atoms with E-state index >= 15 is 0 Å². The highest BCUT2D eigenvalue weighted by Crippen LogP contribution is 2.14. The molecule has 30 heavy (non-hydrogen) atoms. The summed E-state index contributed by atoms with van der Waals surface area (Å²) in [6, 6.07) is 8.01. The van der Waals surface area contributed by atoms with Crippen LogP contribution in [0.3, 0.4) is 0 Å². The summed E-state index contributed by atoms with van der Waals surface area (Å²) in [4.78, 5) is 31.6. The summed E-state index contributed by atoms with van der Waals surface area (Å²) in [5.74, 6) is 0.469. The predicted molar refractivity (Wildman–Crippen MR) is 126 cm³/mol. The number of urea groups is 1. The van der Waals surface area contributed by atoms with Crippen LogP contribution in [0.2, 0.25) is 0 Å². The number of carbonyl (C=O) groups is 2. The lowest BCUT2D eigenvalue weighted by Gasteiger charge is -2.27. The van der Waals surface area contributed by atoms with E-state index in [1.807, 2.05) is 13.0 Å². The van der Waals surface area contributed by atoms with Crippen LogP contribution in [0.1, 0.15) is 18.1 Å². The van der Waals surface area contributed by atoms with Crippen molar-refractivity contribution in [3.63, 3.8) is 0 Å². The average molecular weight is 530 g/mol. The van der Waals surface area contributed by atoms with Crippen LogP contribution in [-0.2, 0) is 22.6 Å². The molecule has 166 valence electrons. The number of hydrogen-bond donors (Lipinski definition) is 3. The van der Waals surface area contributed by atoms with Crippen LogP contribution in [0.4, 0.5) is 4.79 Å². The maximum atomic E-state index is 11.7. The van der Waals surface area contributed by atoms with Crippen molar-refractivity contribution in [1.82, 2.24) is 25.8 Å². The quantitative estimate of drug-likeness (QED) is 0.199. The van der Waals surface area contributed by atoms with E-state index in [1.54, 1.807) is 0 Å². The number of morpholine rings is 1. The SMILES string of the molecule is CCNC(=NCc1ccccc1CN1CCOCC1)NCCN1C(=O)CNC1=O.I. The molecule has 2 saturated heterocycles. The first-order valence-corrected chi connectivity index (χ1v) is 10.1. The van der Waals surface area contributed by atoms with Gasteiger partial charge in [0.25, 0.3) is 0 Å². The Morgan fingerprint density at radius 3 is 2.57 bits per heavy atom. The van der Waals surface area contributed by atoms with Crippen molar-refractivity contribution >= 4 is 41.9 Å². The Kier molecular flexibility index (Phi) is 10.3. The van der Waals surface area contributed by atoms with Gasteiger partial charge in [0.1, 0.15) is 0 Å². The van der Waals surface area contributed by atoms with Gasteiger partial charge in [-0.25, -0.2) is 9.79 Å². The molecular formula is C20H31IN6O3. The number of imide groups is 1. The van der Waals surface area contributed by atoms with E-state index in [0.717, 1.165) is 39.4 Å². The highest BCUT2D eigenvalue weighted by Gasteiger charge is 2.27. The fraction of sp³-hybridized carbons (Fsp3) is 0.550. The second kappa shape index (κ2) is 12.7. The first-order chi connectivity index (χ1) is 14.2. The fourth-order valence-corrected chi connectivity index (χ4v) is 3.34. The summed E-state index contributed by atoms with van der Waals surface area (Å²) >= 11 is 0. The Morgan fingerprint density at radius 2 is 1.90 bits per heavy atom. The number of carbonyl (C=O) groups excluding carboxylic acids is 2. The van der Waals surface area contributed by atoms with Gasteiger partial charge in [-0.15, -0.1) is 24.0 Å². The number of guanidine groups is 1. The molecule has 0 saturated carbocycles. The third-order valence-electron chi connectivity index (χ3n) is 4.93. The van der Waals surface area contributed by atoms with Crippen molar-refractivity contribution in [2.75, 3.05) is 52.5 Å². The third-order valence-corrected chi connectivity index (χ3v) is 4.93.